The average Bonchev–Trinajstić information content (AvgIpc) is 2.92. The zero-order chi connectivity index (χ0) is 14.8. The van der Waals surface area contributed by atoms with Crippen LogP contribution < -0.4 is 10.5 Å². The molecule has 0 aliphatic rings. The molecule has 0 fully saturated rings. The highest BCUT2D eigenvalue weighted by atomic mass is 79.9. The van der Waals surface area contributed by atoms with Gasteiger partial charge in [-0.15, -0.1) is 11.3 Å². The Morgan fingerprint density at radius 2 is 2.25 bits per heavy atom. The quantitative estimate of drug-likeness (QED) is 0.839. The Morgan fingerprint density at radius 3 is 2.85 bits per heavy atom. The van der Waals surface area contributed by atoms with Gasteiger partial charge in [-0.25, -0.2) is 18.1 Å². The van der Waals surface area contributed by atoms with E-state index < -0.39 is 10.0 Å². The number of hydrogen-bond donors (Lipinski definition) is 2. The summed E-state index contributed by atoms with van der Waals surface area (Å²) in [4.78, 5) is 4.29. The Morgan fingerprint density at radius 1 is 1.50 bits per heavy atom. The number of hydrogen-bond acceptors (Lipinski definition) is 5. The third-order valence-corrected chi connectivity index (χ3v) is 6.17. The number of nitrogens with one attached hydrogen (secondary N) is 1. The first-order chi connectivity index (χ1) is 9.44. The molecular formula is C12H14BrN3O2S2. The van der Waals surface area contributed by atoms with Crippen LogP contribution in [0.1, 0.15) is 23.5 Å². The summed E-state index contributed by atoms with van der Waals surface area (Å²) in [6.07, 6.45) is 1.65. The third kappa shape index (κ3) is 3.44. The molecule has 1 aromatic carbocycles. The minimum Gasteiger partial charge on any atom is -0.326 e. The third-order valence-electron chi connectivity index (χ3n) is 2.67. The van der Waals surface area contributed by atoms with Gasteiger partial charge in [0.15, 0.2) is 0 Å². The molecule has 0 saturated carbocycles. The highest BCUT2D eigenvalue weighted by Crippen LogP contribution is 2.25. The van der Waals surface area contributed by atoms with Crippen LogP contribution in [-0.4, -0.2) is 13.4 Å². The fourth-order valence-electron chi connectivity index (χ4n) is 1.68. The van der Waals surface area contributed by atoms with Crippen LogP contribution in [-0.2, 0) is 16.6 Å². The maximum absolute atomic E-state index is 12.4. The van der Waals surface area contributed by atoms with Gasteiger partial charge in [-0.05, 0) is 40.5 Å². The molecule has 3 N–H and O–H groups in total. The van der Waals surface area contributed by atoms with Crippen molar-refractivity contribution in [1.29, 1.82) is 0 Å². The molecule has 0 aliphatic heterocycles. The van der Waals surface area contributed by atoms with Crippen molar-refractivity contribution in [1.82, 2.24) is 9.71 Å². The van der Waals surface area contributed by atoms with Gasteiger partial charge in [0.25, 0.3) is 0 Å². The monoisotopic (exact) mass is 375 g/mol. The number of benzene rings is 1. The predicted octanol–water partition coefficient (Wildman–Crippen LogP) is 2.40. The van der Waals surface area contributed by atoms with Gasteiger partial charge in [0.05, 0.1) is 10.9 Å². The van der Waals surface area contributed by atoms with E-state index in [1.54, 1.807) is 31.3 Å². The van der Waals surface area contributed by atoms with E-state index in [2.05, 4.69) is 25.6 Å². The van der Waals surface area contributed by atoms with Gasteiger partial charge in [-0.1, -0.05) is 6.07 Å². The standard InChI is InChI=1S/C12H14BrN3O2S2/c1-8(12-15-4-5-19-12)16-20(17,18)11-6-9(7-14)2-3-10(11)13/h2-6,8,16H,7,14H2,1H3. The van der Waals surface area contributed by atoms with Crippen molar-refractivity contribution in [2.45, 2.75) is 24.4 Å². The zero-order valence-electron chi connectivity index (χ0n) is 10.7. The Balaban J connectivity index is 2.31. The molecule has 1 heterocycles. The Hall–Kier alpha value is -0.800. The molecule has 8 heteroatoms. The van der Waals surface area contributed by atoms with Gasteiger partial charge in [0.1, 0.15) is 5.01 Å². The van der Waals surface area contributed by atoms with Crippen molar-refractivity contribution in [3.63, 3.8) is 0 Å². The van der Waals surface area contributed by atoms with Crippen LogP contribution >= 0.6 is 27.3 Å². The lowest BCUT2D eigenvalue weighted by atomic mass is 10.2. The molecule has 0 aliphatic carbocycles. The predicted molar refractivity (Wildman–Crippen MR) is 82.9 cm³/mol. The summed E-state index contributed by atoms with van der Waals surface area (Å²) >= 11 is 4.67. The average molecular weight is 376 g/mol. The SMILES string of the molecule is CC(NS(=O)(=O)c1cc(CN)ccc1Br)c1nccs1. The number of nitrogens with zero attached hydrogens (tertiary/aromatic N) is 1. The molecule has 108 valence electrons. The molecule has 0 amide bonds. The maximum Gasteiger partial charge on any atom is 0.242 e. The Labute approximate surface area is 130 Å². The molecule has 2 rings (SSSR count). The molecule has 0 saturated heterocycles. The largest absolute Gasteiger partial charge is 0.326 e. The van der Waals surface area contributed by atoms with Gasteiger partial charge in [0.2, 0.25) is 10.0 Å². The van der Waals surface area contributed by atoms with Gasteiger partial charge in [0, 0.05) is 22.6 Å². The lowest BCUT2D eigenvalue weighted by Gasteiger charge is -2.13. The van der Waals surface area contributed by atoms with Crippen molar-refractivity contribution in [2.24, 2.45) is 5.73 Å². The Kier molecular flexibility index (Phi) is 4.92. The lowest BCUT2D eigenvalue weighted by molar-refractivity contribution is 0.565. The number of thiazole rings is 1. The van der Waals surface area contributed by atoms with Crippen molar-refractivity contribution >= 4 is 37.3 Å². The van der Waals surface area contributed by atoms with Crippen LogP contribution in [0.5, 0.6) is 0 Å². The van der Waals surface area contributed by atoms with Crippen LogP contribution in [0.4, 0.5) is 0 Å². The first-order valence-electron chi connectivity index (χ1n) is 5.84. The van der Waals surface area contributed by atoms with Crippen LogP contribution in [0.15, 0.2) is 39.1 Å². The van der Waals surface area contributed by atoms with E-state index >= 15 is 0 Å². The summed E-state index contributed by atoms with van der Waals surface area (Å²) in [5, 5.41) is 2.53. The van der Waals surface area contributed by atoms with Gasteiger partial charge < -0.3 is 5.73 Å². The molecule has 2 aromatic rings. The van der Waals surface area contributed by atoms with E-state index in [1.165, 1.54) is 11.3 Å². The molecule has 20 heavy (non-hydrogen) atoms. The second kappa shape index (κ2) is 6.31. The van der Waals surface area contributed by atoms with E-state index in [-0.39, 0.29) is 17.5 Å². The second-order valence-electron chi connectivity index (χ2n) is 4.18. The molecule has 0 radical (unpaired) electrons. The van der Waals surface area contributed by atoms with E-state index in [0.717, 1.165) is 10.6 Å². The van der Waals surface area contributed by atoms with E-state index in [0.29, 0.717) is 4.47 Å². The van der Waals surface area contributed by atoms with Crippen molar-refractivity contribution in [3.05, 3.63) is 44.8 Å². The number of sulfonamides is 1. The minimum atomic E-state index is -3.63. The van der Waals surface area contributed by atoms with E-state index in [4.69, 9.17) is 5.73 Å². The molecular weight excluding hydrogens is 362 g/mol. The molecule has 0 bridgehead atoms. The van der Waals surface area contributed by atoms with Crippen LogP contribution in [0.2, 0.25) is 0 Å². The van der Waals surface area contributed by atoms with Crippen molar-refractivity contribution in [3.8, 4) is 0 Å². The summed E-state index contributed by atoms with van der Waals surface area (Å²) < 4.78 is 28.0. The Bertz CT molecular complexity index is 687. The van der Waals surface area contributed by atoms with Crippen molar-refractivity contribution < 1.29 is 8.42 Å². The summed E-state index contributed by atoms with van der Waals surface area (Å²) in [5.74, 6) is 0. The number of aromatic nitrogens is 1. The van der Waals surface area contributed by atoms with E-state index in [1.807, 2.05) is 5.38 Å². The number of rotatable bonds is 5. The molecule has 1 aromatic heterocycles. The van der Waals surface area contributed by atoms with Crippen LogP contribution in [0.25, 0.3) is 0 Å². The van der Waals surface area contributed by atoms with Crippen molar-refractivity contribution in [2.75, 3.05) is 0 Å². The molecule has 5 nitrogen and oxygen atoms in total. The number of halogens is 1. The lowest BCUT2D eigenvalue weighted by Crippen LogP contribution is -2.27. The zero-order valence-corrected chi connectivity index (χ0v) is 13.9. The van der Waals surface area contributed by atoms with Gasteiger partial charge in [-0.2, -0.15) is 0 Å². The fourth-order valence-corrected chi connectivity index (χ4v) is 4.62. The first kappa shape index (κ1) is 15.6. The smallest absolute Gasteiger partial charge is 0.242 e. The van der Waals surface area contributed by atoms with Gasteiger partial charge in [-0.3, -0.25) is 0 Å². The van der Waals surface area contributed by atoms with Crippen LogP contribution in [0, 0.1) is 0 Å². The summed E-state index contributed by atoms with van der Waals surface area (Å²) in [5.41, 5.74) is 6.31. The van der Waals surface area contributed by atoms with Gasteiger partial charge >= 0.3 is 0 Å². The molecule has 1 unspecified atom stereocenters. The second-order valence-corrected chi connectivity index (χ2v) is 7.65. The summed E-state index contributed by atoms with van der Waals surface area (Å²) in [6.45, 7) is 2.05. The normalized spacial score (nSPS) is 13.3. The highest BCUT2D eigenvalue weighted by molar-refractivity contribution is 9.10. The number of nitrogens with two attached hydrogens (primary N) is 1. The molecule has 1 atom stereocenters. The first-order valence-corrected chi connectivity index (χ1v) is 9.00. The highest BCUT2D eigenvalue weighted by Gasteiger charge is 2.22. The van der Waals surface area contributed by atoms with Crippen LogP contribution in [0.3, 0.4) is 0 Å². The molecule has 0 spiro atoms. The fraction of sp³-hybridized carbons (Fsp3) is 0.250. The maximum atomic E-state index is 12.4. The summed E-state index contributed by atoms with van der Waals surface area (Å²) in [7, 11) is -3.63. The minimum absolute atomic E-state index is 0.184. The summed E-state index contributed by atoms with van der Waals surface area (Å²) in [6, 6.07) is 4.66. The van der Waals surface area contributed by atoms with E-state index in [9.17, 15) is 8.42 Å². The topological polar surface area (TPSA) is 85.1 Å².